The Morgan fingerprint density at radius 1 is 1.47 bits per heavy atom. The Bertz CT molecular complexity index is 442. The fourth-order valence-corrected chi connectivity index (χ4v) is 2.64. The zero-order valence-corrected chi connectivity index (χ0v) is 10.2. The molecule has 0 aromatic carbocycles. The SMILES string of the molecule is COC(=O)c1ccc(C(=O)N2CCC(O)C2)s1. The largest absolute Gasteiger partial charge is 0.465 e. The number of thiophene rings is 1. The molecule has 2 rings (SSSR count). The van der Waals surface area contributed by atoms with Crippen molar-refractivity contribution in [1.82, 2.24) is 4.90 Å². The minimum atomic E-state index is -0.435. The van der Waals surface area contributed by atoms with Gasteiger partial charge in [0.05, 0.1) is 18.1 Å². The van der Waals surface area contributed by atoms with Crippen LogP contribution in [0.4, 0.5) is 0 Å². The van der Waals surface area contributed by atoms with E-state index >= 15 is 0 Å². The fraction of sp³-hybridized carbons (Fsp3) is 0.455. The average Bonchev–Trinajstić information content (AvgIpc) is 2.95. The maximum atomic E-state index is 12.0. The molecule has 1 unspecified atom stereocenters. The summed E-state index contributed by atoms with van der Waals surface area (Å²) >= 11 is 1.11. The Balaban J connectivity index is 2.09. The van der Waals surface area contributed by atoms with Crippen molar-refractivity contribution in [2.24, 2.45) is 0 Å². The lowest BCUT2D eigenvalue weighted by Crippen LogP contribution is -2.28. The molecule has 1 aliphatic heterocycles. The number of likely N-dealkylation sites (tertiary alicyclic amines) is 1. The Kier molecular flexibility index (Phi) is 3.44. The molecule has 1 aromatic rings. The van der Waals surface area contributed by atoms with Crippen LogP contribution in [0.5, 0.6) is 0 Å². The third-order valence-corrected chi connectivity index (χ3v) is 3.71. The lowest BCUT2D eigenvalue weighted by molar-refractivity contribution is 0.0606. The summed E-state index contributed by atoms with van der Waals surface area (Å²) in [5.74, 6) is -0.572. The molecule has 0 radical (unpaired) electrons. The standard InChI is InChI=1S/C11H13NO4S/c1-16-11(15)9-3-2-8(17-9)10(14)12-5-4-7(13)6-12/h2-3,7,13H,4-6H2,1H3. The van der Waals surface area contributed by atoms with Crippen LogP contribution in [0.15, 0.2) is 12.1 Å². The van der Waals surface area contributed by atoms with E-state index in [9.17, 15) is 14.7 Å². The van der Waals surface area contributed by atoms with Crippen LogP contribution in [0.25, 0.3) is 0 Å². The summed E-state index contributed by atoms with van der Waals surface area (Å²) in [6.07, 6.45) is 0.181. The van der Waals surface area contributed by atoms with Gasteiger partial charge in [0.1, 0.15) is 4.88 Å². The van der Waals surface area contributed by atoms with Gasteiger partial charge in [0.2, 0.25) is 0 Å². The number of methoxy groups -OCH3 is 1. The Labute approximate surface area is 103 Å². The first-order chi connectivity index (χ1) is 8.11. The van der Waals surface area contributed by atoms with Crippen LogP contribution in [0, 0.1) is 0 Å². The van der Waals surface area contributed by atoms with Crippen molar-refractivity contribution in [1.29, 1.82) is 0 Å². The molecule has 0 aliphatic carbocycles. The normalized spacial score (nSPS) is 19.4. The summed E-state index contributed by atoms with van der Waals surface area (Å²) in [5, 5.41) is 9.36. The number of hydrogen-bond acceptors (Lipinski definition) is 5. The van der Waals surface area contributed by atoms with Gasteiger partial charge in [0.15, 0.2) is 0 Å². The van der Waals surface area contributed by atoms with Crippen molar-refractivity contribution in [2.75, 3.05) is 20.2 Å². The van der Waals surface area contributed by atoms with E-state index in [1.54, 1.807) is 17.0 Å². The Morgan fingerprint density at radius 2 is 2.18 bits per heavy atom. The molecule has 0 saturated carbocycles. The summed E-state index contributed by atoms with van der Waals surface area (Å²) in [5.41, 5.74) is 0. The van der Waals surface area contributed by atoms with E-state index in [0.717, 1.165) is 11.3 Å². The molecule has 17 heavy (non-hydrogen) atoms. The summed E-state index contributed by atoms with van der Waals surface area (Å²) < 4.78 is 4.58. The summed E-state index contributed by atoms with van der Waals surface area (Å²) in [6.45, 7) is 0.926. The molecular weight excluding hydrogens is 242 g/mol. The highest BCUT2D eigenvalue weighted by Crippen LogP contribution is 2.21. The monoisotopic (exact) mass is 255 g/mol. The number of hydrogen-bond donors (Lipinski definition) is 1. The molecule has 6 heteroatoms. The van der Waals surface area contributed by atoms with Gasteiger partial charge in [-0.3, -0.25) is 4.79 Å². The van der Waals surface area contributed by atoms with Crippen LogP contribution in [-0.4, -0.2) is 48.2 Å². The molecule has 0 spiro atoms. The van der Waals surface area contributed by atoms with Crippen molar-refractivity contribution >= 4 is 23.2 Å². The van der Waals surface area contributed by atoms with Crippen molar-refractivity contribution in [3.05, 3.63) is 21.9 Å². The second-order valence-corrected chi connectivity index (χ2v) is 4.93. The van der Waals surface area contributed by atoms with Crippen molar-refractivity contribution < 1.29 is 19.4 Å². The fourth-order valence-electron chi connectivity index (χ4n) is 1.75. The van der Waals surface area contributed by atoms with Gasteiger partial charge in [0, 0.05) is 13.1 Å². The van der Waals surface area contributed by atoms with Crippen LogP contribution in [-0.2, 0) is 4.74 Å². The molecular formula is C11H13NO4S. The minimum Gasteiger partial charge on any atom is -0.465 e. The third-order valence-electron chi connectivity index (χ3n) is 2.65. The van der Waals surface area contributed by atoms with Crippen molar-refractivity contribution in [3.63, 3.8) is 0 Å². The van der Waals surface area contributed by atoms with E-state index in [0.29, 0.717) is 29.3 Å². The lowest BCUT2D eigenvalue weighted by atomic mass is 10.3. The predicted octanol–water partition coefficient (Wildman–Crippen LogP) is 0.742. The third kappa shape index (κ3) is 2.48. The van der Waals surface area contributed by atoms with Crippen molar-refractivity contribution in [2.45, 2.75) is 12.5 Å². The first kappa shape index (κ1) is 12.1. The van der Waals surface area contributed by atoms with Gasteiger partial charge in [0.25, 0.3) is 5.91 Å². The van der Waals surface area contributed by atoms with E-state index in [2.05, 4.69) is 4.74 Å². The Morgan fingerprint density at radius 3 is 2.76 bits per heavy atom. The summed E-state index contributed by atoms with van der Waals surface area (Å²) in [6, 6.07) is 3.19. The zero-order chi connectivity index (χ0) is 12.4. The number of aliphatic hydroxyl groups is 1. The van der Waals surface area contributed by atoms with Crippen LogP contribution in [0.2, 0.25) is 0 Å². The van der Waals surface area contributed by atoms with Gasteiger partial charge in [-0.1, -0.05) is 0 Å². The topological polar surface area (TPSA) is 66.8 Å². The second-order valence-electron chi connectivity index (χ2n) is 3.85. The van der Waals surface area contributed by atoms with Crippen molar-refractivity contribution in [3.8, 4) is 0 Å². The van der Waals surface area contributed by atoms with Gasteiger partial charge in [-0.05, 0) is 18.6 Å². The molecule has 0 bridgehead atoms. The highest BCUT2D eigenvalue weighted by molar-refractivity contribution is 7.15. The number of carbonyl (C=O) groups is 2. The maximum absolute atomic E-state index is 12.0. The second kappa shape index (κ2) is 4.85. The number of rotatable bonds is 2. The number of ether oxygens (including phenoxy) is 1. The molecule has 1 aliphatic rings. The molecule has 2 heterocycles. The van der Waals surface area contributed by atoms with E-state index in [1.807, 2.05) is 0 Å². The quantitative estimate of drug-likeness (QED) is 0.792. The van der Waals surface area contributed by atoms with Crippen LogP contribution >= 0.6 is 11.3 Å². The van der Waals surface area contributed by atoms with Crippen LogP contribution in [0.1, 0.15) is 25.8 Å². The smallest absolute Gasteiger partial charge is 0.348 e. The molecule has 1 amide bonds. The van der Waals surface area contributed by atoms with Crippen LogP contribution < -0.4 is 0 Å². The number of β-amino-alcohol motifs (C(OH)–C–C–N with tert-alkyl or cyclic N) is 1. The first-order valence-corrected chi connectivity index (χ1v) is 6.09. The lowest BCUT2D eigenvalue weighted by Gasteiger charge is -2.13. The van der Waals surface area contributed by atoms with E-state index in [1.165, 1.54) is 7.11 Å². The first-order valence-electron chi connectivity index (χ1n) is 5.27. The summed E-state index contributed by atoms with van der Waals surface area (Å²) in [7, 11) is 1.31. The predicted molar refractivity (Wildman–Crippen MR) is 62.2 cm³/mol. The Hall–Kier alpha value is -1.40. The van der Waals surface area contributed by atoms with Gasteiger partial charge < -0.3 is 14.7 Å². The van der Waals surface area contributed by atoms with Gasteiger partial charge in [-0.2, -0.15) is 0 Å². The number of esters is 1. The maximum Gasteiger partial charge on any atom is 0.348 e. The van der Waals surface area contributed by atoms with Gasteiger partial charge in [-0.15, -0.1) is 11.3 Å². The number of amides is 1. The number of carbonyl (C=O) groups excluding carboxylic acids is 2. The van der Waals surface area contributed by atoms with Gasteiger partial charge >= 0.3 is 5.97 Å². The molecule has 1 aromatic heterocycles. The number of aliphatic hydroxyl groups excluding tert-OH is 1. The highest BCUT2D eigenvalue weighted by Gasteiger charge is 2.26. The van der Waals surface area contributed by atoms with E-state index in [-0.39, 0.29) is 5.91 Å². The van der Waals surface area contributed by atoms with E-state index in [4.69, 9.17) is 0 Å². The summed E-state index contributed by atoms with van der Waals surface area (Å²) in [4.78, 5) is 25.7. The highest BCUT2D eigenvalue weighted by atomic mass is 32.1. The molecule has 5 nitrogen and oxygen atoms in total. The molecule has 1 fully saturated rings. The van der Waals surface area contributed by atoms with E-state index < -0.39 is 12.1 Å². The molecule has 1 N–H and O–H groups in total. The van der Waals surface area contributed by atoms with Gasteiger partial charge in [-0.25, -0.2) is 4.79 Å². The molecule has 1 atom stereocenters. The average molecular weight is 255 g/mol. The molecule has 92 valence electrons. The minimum absolute atomic E-state index is 0.137. The number of nitrogens with zero attached hydrogens (tertiary/aromatic N) is 1. The zero-order valence-electron chi connectivity index (χ0n) is 9.38. The molecule has 1 saturated heterocycles. The van der Waals surface area contributed by atoms with Crippen LogP contribution in [0.3, 0.4) is 0 Å².